The van der Waals surface area contributed by atoms with Crippen LogP contribution in [0.3, 0.4) is 0 Å². The van der Waals surface area contributed by atoms with Crippen LogP contribution in [0.2, 0.25) is 5.02 Å². The van der Waals surface area contributed by atoms with Crippen LogP contribution in [0.1, 0.15) is 11.1 Å². The Kier molecular flexibility index (Phi) is 4.45. The van der Waals surface area contributed by atoms with Gasteiger partial charge in [-0.1, -0.05) is 66.2 Å². The Balaban J connectivity index is 1.31. The summed E-state index contributed by atoms with van der Waals surface area (Å²) in [6, 6.07) is 17.2. The third-order valence-electron chi connectivity index (χ3n) is 6.08. The Morgan fingerprint density at radius 3 is 2.66 bits per heavy atom. The Morgan fingerprint density at radius 1 is 1.14 bits per heavy atom. The predicted octanol–water partition coefficient (Wildman–Crippen LogP) is 2.94. The first-order valence-corrected chi connectivity index (χ1v) is 10.2. The molecule has 2 saturated heterocycles. The van der Waals surface area contributed by atoms with Crippen molar-refractivity contribution in [1.82, 2.24) is 10.2 Å². The predicted molar refractivity (Wildman–Crippen MR) is 109 cm³/mol. The monoisotopic (exact) mass is 408 g/mol. The SMILES string of the molecule is O=C(NCc1ccc(Cl)cc1)[C@H]1[C@@H]2C=C[C@@]3(CN(Cc4ccccc4)C(=O)[C@H]13)O2. The Hall–Kier alpha value is -2.63. The number of carbonyl (C=O) groups is 2. The quantitative estimate of drug-likeness (QED) is 0.774. The van der Waals surface area contributed by atoms with Crippen molar-refractivity contribution in [1.29, 1.82) is 0 Å². The smallest absolute Gasteiger partial charge is 0.230 e. The molecule has 148 valence electrons. The van der Waals surface area contributed by atoms with Gasteiger partial charge in [-0.15, -0.1) is 0 Å². The van der Waals surface area contributed by atoms with Crippen molar-refractivity contribution in [3.8, 4) is 0 Å². The second-order valence-corrected chi connectivity index (χ2v) is 8.36. The minimum Gasteiger partial charge on any atom is -0.360 e. The fourth-order valence-electron chi connectivity index (χ4n) is 4.72. The molecule has 2 aromatic rings. The molecule has 3 heterocycles. The highest BCUT2D eigenvalue weighted by atomic mass is 35.5. The van der Waals surface area contributed by atoms with E-state index in [0.717, 1.165) is 11.1 Å². The maximum absolute atomic E-state index is 13.2. The van der Waals surface area contributed by atoms with Crippen LogP contribution in [-0.4, -0.2) is 35.0 Å². The molecule has 3 aliphatic heterocycles. The van der Waals surface area contributed by atoms with Crippen molar-refractivity contribution in [2.45, 2.75) is 24.8 Å². The van der Waals surface area contributed by atoms with Crippen molar-refractivity contribution < 1.29 is 14.3 Å². The van der Waals surface area contributed by atoms with Gasteiger partial charge in [0.15, 0.2) is 0 Å². The zero-order valence-corrected chi connectivity index (χ0v) is 16.5. The van der Waals surface area contributed by atoms with Gasteiger partial charge in [0.25, 0.3) is 0 Å². The molecule has 2 bridgehead atoms. The largest absolute Gasteiger partial charge is 0.360 e. The van der Waals surface area contributed by atoms with Crippen molar-refractivity contribution >= 4 is 23.4 Å². The van der Waals surface area contributed by atoms with Gasteiger partial charge in [0.2, 0.25) is 11.8 Å². The topological polar surface area (TPSA) is 58.6 Å². The molecule has 5 rings (SSSR count). The molecule has 5 nitrogen and oxygen atoms in total. The molecule has 2 aromatic carbocycles. The molecule has 3 aliphatic rings. The van der Waals surface area contributed by atoms with Crippen LogP contribution < -0.4 is 5.32 Å². The number of carbonyl (C=O) groups excluding carboxylic acids is 2. The summed E-state index contributed by atoms with van der Waals surface area (Å²) >= 11 is 5.92. The van der Waals surface area contributed by atoms with Gasteiger partial charge in [0, 0.05) is 18.1 Å². The normalized spacial score (nSPS) is 29.3. The number of benzene rings is 2. The zero-order chi connectivity index (χ0) is 20.0. The molecule has 0 aliphatic carbocycles. The lowest BCUT2D eigenvalue weighted by Gasteiger charge is -2.23. The summed E-state index contributed by atoms with van der Waals surface area (Å²) < 4.78 is 6.17. The molecule has 0 unspecified atom stereocenters. The van der Waals surface area contributed by atoms with E-state index in [2.05, 4.69) is 5.32 Å². The molecule has 0 radical (unpaired) electrons. The van der Waals surface area contributed by atoms with Crippen LogP contribution in [0.25, 0.3) is 0 Å². The highest BCUT2D eigenvalue weighted by Crippen LogP contribution is 2.52. The summed E-state index contributed by atoms with van der Waals surface area (Å²) in [6.07, 6.45) is 3.57. The maximum Gasteiger partial charge on any atom is 0.230 e. The Morgan fingerprint density at radius 2 is 1.90 bits per heavy atom. The van der Waals surface area contributed by atoms with Crippen LogP contribution in [0.5, 0.6) is 0 Å². The van der Waals surface area contributed by atoms with Gasteiger partial charge in [0.1, 0.15) is 5.60 Å². The lowest BCUT2D eigenvalue weighted by molar-refractivity contribution is -0.137. The number of nitrogens with zero attached hydrogens (tertiary/aromatic N) is 1. The van der Waals surface area contributed by atoms with Crippen molar-refractivity contribution in [2.75, 3.05) is 6.54 Å². The molecule has 4 atom stereocenters. The van der Waals surface area contributed by atoms with E-state index in [9.17, 15) is 9.59 Å². The van der Waals surface area contributed by atoms with Gasteiger partial charge in [-0.2, -0.15) is 0 Å². The molecular weight excluding hydrogens is 388 g/mol. The molecule has 1 spiro atoms. The Bertz CT molecular complexity index is 975. The lowest BCUT2D eigenvalue weighted by atomic mass is 9.77. The van der Waals surface area contributed by atoms with E-state index in [1.54, 1.807) is 12.1 Å². The molecular formula is C23H21ClN2O3. The van der Waals surface area contributed by atoms with E-state index < -0.39 is 17.4 Å². The second kappa shape index (κ2) is 7.01. The second-order valence-electron chi connectivity index (χ2n) is 7.92. The number of amides is 2. The van der Waals surface area contributed by atoms with Crippen molar-refractivity contribution in [2.24, 2.45) is 11.8 Å². The van der Waals surface area contributed by atoms with Crippen LogP contribution in [0.15, 0.2) is 66.7 Å². The lowest BCUT2D eigenvalue weighted by Crippen LogP contribution is -2.43. The molecule has 0 aromatic heterocycles. The number of rotatable bonds is 5. The summed E-state index contributed by atoms with van der Waals surface area (Å²) in [5.74, 6) is -1.12. The standard InChI is InChI=1S/C23H21ClN2O3/c24-17-8-6-15(7-9-17)12-25-21(27)19-18-10-11-23(29-18)14-26(22(28)20(19)23)13-16-4-2-1-3-5-16/h1-11,18-20H,12-14H2,(H,25,27)/t18-,19-,20-,23-/m0/s1. The third kappa shape index (κ3) is 3.15. The highest BCUT2D eigenvalue weighted by molar-refractivity contribution is 6.30. The number of ether oxygens (including phenoxy) is 1. The van der Waals surface area contributed by atoms with Gasteiger partial charge >= 0.3 is 0 Å². The third-order valence-corrected chi connectivity index (χ3v) is 6.33. The number of hydrogen-bond acceptors (Lipinski definition) is 3. The van der Waals surface area contributed by atoms with E-state index in [-0.39, 0.29) is 17.9 Å². The number of hydrogen-bond donors (Lipinski definition) is 1. The van der Waals surface area contributed by atoms with E-state index in [1.807, 2.05) is 59.5 Å². The highest BCUT2D eigenvalue weighted by Gasteiger charge is 2.66. The summed E-state index contributed by atoms with van der Waals surface area (Å²) in [5.41, 5.74) is 1.35. The van der Waals surface area contributed by atoms with Crippen molar-refractivity contribution in [3.63, 3.8) is 0 Å². The number of nitrogens with one attached hydrogen (secondary N) is 1. The molecule has 6 heteroatoms. The van der Waals surface area contributed by atoms with Crippen LogP contribution in [0, 0.1) is 11.8 Å². The van der Waals surface area contributed by atoms with E-state index >= 15 is 0 Å². The van der Waals surface area contributed by atoms with E-state index in [4.69, 9.17) is 16.3 Å². The first-order chi connectivity index (χ1) is 14.1. The molecule has 0 saturated carbocycles. The summed E-state index contributed by atoms with van der Waals surface area (Å²) in [5, 5.41) is 3.63. The summed E-state index contributed by atoms with van der Waals surface area (Å²) in [4.78, 5) is 28.0. The van der Waals surface area contributed by atoms with Gasteiger partial charge < -0.3 is 15.0 Å². The summed E-state index contributed by atoms with van der Waals surface area (Å²) in [7, 11) is 0. The average Bonchev–Trinajstić information content (AvgIpc) is 3.36. The van der Waals surface area contributed by atoms with Gasteiger partial charge in [-0.05, 0) is 23.3 Å². The zero-order valence-electron chi connectivity index (χ0n) is 15.8. The van der Waals surface area contributed by atoms with Crippen LogP contribution in [0.4, 0.5) is 0 Å². The summed E-state index contributed by atoms with van der Waals surface area (Å²) in [6.45, 7) is 1.41. The fourth-order valence-corrected chi connectivity index (χ4v) is 4.85. The average molecular weight is 409 g/mol. The van der Waals surface area contributed by atoms with Gasteiger partial charge in [-0.25, -0.2) is 0 Å². The first kappa shape index (κ1) is 18.4. The van der Waals surface area contributed by atoms with Crippen LogP contribution in [-0.2, 0) is 27.4 Å². The van der Waals surface area contributed by atoms with Gasteiger partial charge in [-0.3, -0.25) is 9.59 Å². The minimum absolute atomic E-state index is 0.00709. The molecule has 1 N–H and O–H groups in total. The number of likely N-dealkylation sites (tertiary alicyclic amines) is 1. The van der Waals surface area contributed by atoms with Crippen molar-refractivity contribution in [3.05, 3.63) is 82.9 Å². The number of halogens is 1. The maximum atomic E-state index is 13.2. The van der Waals surface area contributed by atoms with E-state index in [0.29, 0.717) is 24.7 Å². The van der Waals surface area contributed by atoms with Gasteiger partial charge in [0.05, 0.1) is 24.5 Å². The molecule has 2 amide bonds. The molecule has 2 fully saturated rings. The number of fused-ring (bicyclic) bond motifs is 1. The molecule has 29 heavy (non-hydrogen) atoms. The van der Waals surface area contributed by atoms with Crippen LogP contribution >= 0.6 is 11.6 Å². The fraction of sp³-hybridized carbons (Fsp3) is 0.304. The Labute approximate surface area is 174 Å². The van der Waals surface area contributed by atoms with E-state index in [1.165, 1.54) is 0 Å². The minimum atomic E-state index is -0.682. The first-order valence-electron chi connectivity index (χ1n) is 9.78.